The average Bonchev–Trinajstić information content (AvgIpc) is 3.29. The van der Waals surface area contributed by atoms with Gasteiger partial charge in [-0.1, -0.05) is 30.9 Å². The van der Waals surface area contributed by atoms with Crippen molar-refractivity contribution in [1.82, 2.24) is 15.2 Å². The van der Waals surface area contributed by atoms with Crippen LogP contribution in [0.1, 0.15) is 63.8 Å². The molecule has 1 aromatic heterocycles. The molecule has 30 heavy (non-hydrogen) atoms. The minimum atomic E-state index is -0.681. The standard InChI is InChI=1S/C22H29ClN4O3/c1-21(2,29)13-6-9-27(11-13)12-16-24-15-10-14(23)18-17(19(15)30-16)22(26-20(28)25-18)7-4-3-5-8-22/h10,13,29H,3-9,11-12H2,1-2H3,(H2,25,26,28). The van der Waals surface area contributed by atoms with Crippen LogP contribution >= 0.6 is 11.6 Å². The number of amides is 2. The maximum Gasteiger partial charge on any atom is 0.319 e. The van der Waals surface area contributed by atoms with Crippen molar-refractivity contribution < 1.29 is 14.3 Å². The number of nitrogens with zero attached hydrogens (tertiary/aromatic N) is 2. The number of nitrogens with one attached hydrogen (secondary N) is 2. The van der Waals surface area contributed by atoms with Crippen molar-refractivity contribution in [1.29, 1.82) is 0 Å². The highest BCUT2D eigenvalue weighted by atomic mass is 35.5. The van der Waals surface area contributed by atoms with Crippen LogP contribution in [0.25, 0.3) is 11.1 Å². The molecule has 2 fully saturated rings. The molecular formula is C22H29ClN4O3. The van der Waals surface area contributed by atoms with Gasteiger partial charge in [-0.25, -0.2) is 9.78 Å². The topological polar surface area (TPSA) is 90.6 Å². The van der Waals surface area contributed by atoms with E-state index in [1.165, 1.54) is 6.42 Å². The molecule has 8 heteroatoms. The molecule has 1 aliphatic carbocycles. The van der Waals surface area contributed by atoms with E-state index in [0.717, 1.165) is 61.9 Å². The number of halogens is 1. The smallest absolute Gasteiger partial charge is 0.319 e. The number of urea groups is 1. The lowest BCUT2D eigenvalue weighted by Crippen LogP contribution is -2.52. The zero-order chi connectivity index (χ0) is 21.1. The molecule has 2 amide bonds. The quantitative estimate of drug-likeness (QED) is 0.670. The van der Waals surface area contributed by atoms with E-state index in [1.807, 2.05) is 13.8 Å². The molecule has 1 spiro atoms. The number of anilines is 1. The maximum absolute atomic E-state index is 12.4. The van der Waals surface area contributed by atoms with Gasteiger partial charge in [-0.2, -0.15) is 0 Å². The molecule has 2 aliphatic heterocycles. The maximum atomic E-state index is 12.4. The molecular weight excluding hydrogens is 404 g/mol. The van der Waals surface area contributed by atoms with E-state index in [9.17, 15) is 9.90 Å². The second-order valence-corrected chi connectivity index (χ2v) is 10.1. The molecule has 0 bridgehead atoms. The largest absolute Gasteiger partial charge is 0.439 e. The van der Waals surface area contributed by atoms with Crippen molar-refractivity contribution in [3.05, 3.63) is 22.5 Å². The Morgan fingerprint density at radius 2 is 2.13 bits per heavy atom. The fourth-order valence-corrected chi connectivity index (χ4v) is 5.67. The number of aromatic nitrogens is 1. The van der Waals surface area contributed by atoms with Gasteiger partial charge in [0.1, 0.15) is 5.52 Å². The fraction of sp³-hybridized carbons (Fsp3) is 0.636. The second-order valence-electron chi connectivity index (χ2n) is 9.66. The normalized spacial score (nSPS) is 24.1. The summed E-state index contributed by atoms with van der Waals surface area (Å²) in [5.41, 5.74) is 1.92. The molecule has 162 valence electrons. The van der Waals surface area contributed by atoms with Gasteiger partial charge in [-0.05, 0) is 45.7 Å². The SMILES string of the molecule is CC(C)(O)C1CCN(Cc2nc3cc(Cl)c4c(c3o2)C2(CCCCC2)NC(=O)N4)C1. The van der Waals surface area contributed by atoms with Crippen LogP contribution in [0, 0.1) is 5.92 Å². The molecule has 1 saturated carbocycles. The Hall–Kier alpha value is -1.83. The van der Waals surface area contributed by atoms with E-state index in [4.69, 9.17) is 21.0 Å². The van der Waals surface area contributed by atoms with E-state index in [1.54, 1.807) is 6.07 Å². The third-order valence-corrected chi connectivity index (χ3v) is 7.38. The van der Waals surface area contributed by atoms with E-state index >= 15 is 0 Å². The third kappa shape index (κ3) is 3.37. The summed E-state index contributed by atoms with van der Waals surface area (Å²) in [6, 6.07) is 1.58. The molecule has 0 radical (unpaired) electrons. The van der Waals surface area contributed by atoms with E-state index in [2.05, 4.69) is 15.5 Å². The summed E-state index contributed by atoms with van der Waals surface area (Å²) < 4.78 is 6.30. The van der Waals surface area contributed by atoms with Crippen LogP contribution in [0.4, 0.5) is 10.5 Å². The van der Waals surface area contributed by atoms with Gasteiger partial charge in [0.05, 0.1) is 28.4 Å². The summed E-state index contributed by atoms with van der Waals surface area (Å²) in [7, 11) is 0. The highest BCUT2D eigenvalue weighted by molar-refractivity contribution is 6.35. The van der Waals surface area contributed by atoms with Gasteiger partial charge in [-0.15, -0.1) is 0 Å². The number of carbonyl (C=O) groups is 1. The summed E-state index contributed by atoms with van der Waals surface area (Å²) in [6.45, 7) is 6.08. The molecule has 5 rings (SSSR count). The van der Waals surface area contributed by atoms with Crippen LogP contribution in [0.5, 0.6) is 0 Å². The molecule has 3 heterocycles. The van der Waals surface area contributed by atoms with Gasteiger partial charge in [0.2, 0.25) is 5.89 Å². The van der Waals surface area contributed by atoms with Crippen LogP contribution in [0.15, 0.2) is 10.5 Å². The van der Waals surface area contributed by atoms with Gasteiger partial charge < -0.3 is 20.2 Å². The van der Waals surface area contributed by atoms with E-state index in [-0.39, 0.29) is 11.9 Å². The molecule has 1 unspecified atom stereocenters. The molecule has 3 aliphatic rings. The van der Waals surface area contributed by atoms with Crippen LogP contribution in [0.3, 0.4) is 0 Å². The Morgan fingerprint density at radius 3 is 2.83 bits per heavy atom. The first kappa shape index (κ1) is 20.1. The molecule has 2 aromatic rings. The van der Waals surface area contributed by atoms with Crippen molar-refractivity contribution in [2.75, 3.05) is 18.4 Å². The lowest BCUT2D eigenvalue weighted by Gasteiger charge is -2.42. The summed E-state index contributed by atoms with van der Waals surface area (Å²) in [5, 5.41) is 16.9. The first-order valence-electron chi connectivity index (χ1n) is 10.9. The third-order valence-electron chi connectivity index (χ3n) is 7.08. The Labute approximate surface area is 181 Å². The Kier molecular flexibility index (Phi) is 4.76. The van der Waals surface area contributed by atoms with Crippen LogP contribution in [-0.4, -0.2) is 39.7 Å². The van der Waals surface area contributed by atoms with Crippen molar-refractivity contribution >= 4 is 34.4 Å². The number of hydrogen-bond donors (Lipinski definition) is 3. The lowest BCUT2D eigenvalue weighted by atomic mass is 9.74. The summed E-state index contributed by atoms with van der Waals surface area (Å²) >= 11 is 6.58. The lowest BCUT2D eigenvalue weighted by molar-refractivity contribution is 0.0204. The minimum Gasteiger partial charge on any atom is -0.439 e. The van der Waals surface area contributed by atoms with Crippen molar-refractivity contribution in [2.24, 2.45) is 5.92 Å². The second kappa shape index (κ2) is 7.11. The molecule has 7 nitrogen and oxygen atoms in total. The number of carbonyl (C=O) groups excluding carboxylic acids is 1. The number of likely N-dealkylation sites (tertiary alicyclic amines) is 1. The van der Waals surface area contributed by atoms with Gasteiger partial charge in [-0.3, -0.25) is 4.90 Å². The van der Waals surface area contributed by atoms with Gasteiger partial charge >= 0.3 is 6.03 Å². The number of oxazole rings is 1. The number of rotatable bonds is 3. The number of aliphatic hydroxyl groups is 1. The average molecular weight is 433 g/mol. The molecule has 3 N–H and O–H groups in total. The zero-order valence-corrected chi connectivity index (χ0v) is 18.3. The van der Waals surface area contributed by atoms with Gasteiger partial charge in [0.15, 0.2) is 5.58 Å². The highest BCUT2D eigenvalue weighted by Crippen LogP contribution is 2.48. The number of benzene rings is 1. The highest BCUT2D eigenvalue weighted by Gasteiger charge is 2.44. The Bertz CT molecular complexity index is 990. The van der Waals surface area contributed by atoms with Crippen molar-refractivity contribution in [3.63, 3.8) is 0 Å². The Morgan fingerprint density at radius 1 is 1.37 bits per heavy atom. The first-order chi connectivity index (χ1) is 14.2. The van der Waals surface area contributed by atoms with Crippen LogP contribution in [-0.2, 0) is 12.1 Å². The predicted octanol–water partition coefficient (Wildman–Crippen LogP) is 4.37. The van der Waals surface area contributed by atoms with Gasteiger partial charge in [0.25, 0.3) is 0 Å². The first-order valence-corrected chi connectivity index (χ1v) is 11.3. The van der Waals surface area contributed by atoms with Crippen molar-refractivity contribution in [2.45, 2.75) is 70.1 Å². The monoisotopic (exact) mass is 432 g/mol. The molecule has 1 aromatic carbocycles. The predicted molar refractivity (Wildman–Crippen MR) is 116 cm³/mol. The molecule has 1 atom stereocenters. The summed E-state index contributed by atoms with van der Waals surface area (Å²) in [4.78, 5) is 19.4. The van der Waals surface area contributed by atoms with Crippen LogP contribution < -0.4 is 10.6 Å². The number of hydrogen-bond acceptors (Lipinski definition) is 5. The van der Waals surface area contributed by atoms with Crippen molar-refractivity contribution in [3.8, 4) is 0 Å². The molecule has 1 saturated heterocycles. The summed E-state index contributed by atoms with van der Waals surface area (Å²) in [6.07, 6.45) is 5.99. The van der Waals surface area contributed by atoms with Gasteiger partial charge in [0, 0.05) is 18.0 Å². The van der Waals surface area contributed by atoms with E-state index in [0.29, 0.717) is 23.1 Å². The number of fused-ring (bicyclic) bond motifs is 4. The van der Waals surface area contributed by atoms with Crippen LogP contribution in [0.2, 0.25) is 5.02 Å². The van der Waals surface area contributed by atoms with E-state index < -0.39 is 11.1 Å². The Balaban J connectivity index is 1.51. The summed E-state index contributed by atoms with van der Waals surface area (Å²) in [5.74, 6) is 0.891. The fourth-order valence-electron chi connectivity index (χ4n) is 5.43. The minimum absolute atomic E-state index is 0.208. The zero-order valence-electron chi connectivity index (χ0n) is 17.6.